The highest BCUT2D eigenvalue weighted by molar-refractivity contribution is 7.90. The maximum atomic E-state index is 15.4. The van der Waals surface area contributed by atoms with Gasteiger partial charge in [-0.25, -0.2) is 50.5 Å². The third-order valence-electron chi connectivity index (χ3n) is 20.4. The van der Waals surface area contributed by atoms with E-state index in [1.807, 2.05) is 41.5 Å². The lowest BCUT2D eigenvalue weighted by molar-refractivity contribution is 0.140. The van der Waals surface area contributed by atoms with Crippen LogP contribution in [0.15, 0.2) is 175 Å². The quantitative estimate of drug-likeness (QED) is 0.0360. The minimum Gasteiger partial charge on any atom is -0.207 e. The first-order valence-electron chi connectivity index (χ1n) is 34.9. The van der Waals surface area contributed by atoms with Gasteiger partial charge in [-0.05, 0) is 179 Å². The lowest BCUT2D eigenvalue weighted by Crippen LogP contribution is -2.56. The van der Waals surface area contributed by atoms with Crippen molar-refractivity contribution in [2.75, 3.05) is 40.3 Å². The zero-order valence-electron chi connectivity index (χ0n) is 58.3. The Balaban J connectivity index is 0.947. The first-order chi connectivity index (χ1) is 46.5. The van der Waals surface area contributed by atoms with E-state index in [1.165, 1.54) is 25.8 Å². The summed E-state index contributed by atoms with van der Waals surface area (Å²) in [5, 5.41) is 0. The average Bonchev–Trinajstić information content (AvgIpc) is 0.773. The molecular weight excluding hydrogens is 1360 g/mol. The Bertz CT molecular complexity index is 4040. The first kappa shape index (κ1) is 76.9. The molecule has 0 N–H and O–H groups in total. The van der Waals surface area contributed by atoms with Crippen LogP contribution in [0.25, 0.3) is 0 Å². The summed E-state index contributed by atoms with van der Waals surface area (Å²) in [4.78, 5) is 0.682. The predicted octanol–water partition coefficient (Wildman–Crippen LogP) is 13.3. The lowest BCUT2D eigenvalue weighted by atomic mass is 9.89. The van der Waals surface area contributed by atoms with Crippen molar-refractivity contribution in [1.82, 2.24) is 25.8 Å². The van der Waals surface area contributed by atoms with E-state index >= 15 is 16.8 Å². The second kappa shape index (κ2) is 33.3. The van der Waals surface area contributed by atoms with Crippen LogP contribution in [0, 0.1) is 41.5 Å². The molecule has 9 rings (SSSR count). The van der Waals surface area contributed by atoms with Crippen molar-refractivity contribution in [3.63, 3.8) is 0 Å². The number of nitrogens with zero attached hydrogens (tertiary/aromatic N) is 6. The van der Waals surface area contributed by atoms with Crippen molar-refractivity contribution >= 4 is 60.1 Å². The molecule has 3 aliphatic rings. The molecule has 6 aromatic carbocycles. The summed E-state index contributed by atoms with van der Waals surface area (Å²) in [6.45, 7) is 11.6. The Morgan fingerprint density at radius 2 is 0.388 bits per heavy atom. The Hall–Kier alpha value is -5.22. The van der Waals surface area contributed by atoms with Gasteiger partial charge in [-0.1, -0.05) is 170 Å². The monoisotopic (exact) mass is 1460 g/mol. The van der Waals surface area contributed by atoms with E-state index in [2.05, 4.69) is 0 Å². The summed E-state index contributed by atoms with van der Waals surface area (Å²) >= 11 is 0. The number of unbranched alkanes of at least 4 members (excludes halogenated alkanes) is 6. The number of benzene rings is 6. The summed E-state index contributed by atoms with van der Waals surface area (Å²) < 4.78 is 187. The SMILES string of the molecule is Cc1ccc(S(=O)(=O)N(C)[C@H]2CCCC[C@@H]2N(CCCCCCN([C@H]2CCCC[C@@H]2N(CCCCCCN([C@H]2CCCC[C@@H]2N(C)S(=O)(=O)c2ccc(C)cc2)S(=O)(=O)c2ccc(C)cc2)S(=O)(=O)c2ccc(C)cc2)S(=O)(=O)c2ccc(C)cc2)S(=O)(=O)c2ccc(C)cc2)cc1. The van der Waals surface area contributed by atoms with Crippen molar-refractivity contribution in [2.24, 2.45) is 0 Å². The second-order valence-electron chi connectivity index (χ2n) is 27.5. The van der Waals surface area contributed by atoms with E-state index in [0.717, 1.165) is 46.2 Å². The molecule has 0 aromatic heterocycles. The third kappa shape index (κ3) is 18.0. The lowest BCUT2D eigenvalue weighted by Gasteiger charge is -2.44. The van der Waals surface area contributed by atoms with Gasteiger partial charge in [0.1, 0.15) is 0 Å². The van der Waals surface area contributed by atoms with Gasteiger partial charge in [0.25, 0.3) is 0 Å². The fourth-order valence-electron chi connectivity index (χ4n) is 14.6. The van der Waals surface area contributed by atoms with Gasteiger partial charge in [-0.15, -0.1) is 0 Å². The van der Waals surface area contributed by atoms with Crippen molar-refractivity contribution in [3.8, 4) is 0 Å². The van der Waals surface area contributed by atoms with Gasteiger partial charge in [0.05, 0.1) is 29.4 Å². The van der Waals surface area contributed by atoms with Crippen molar-refractivity contribution < 1.29 is 50.5 Å². The Kier molecular flexibility index (Phi) is 26.1. The average molecular weight is 1460 g/mol. The molecule has 3 saturated carbocycles. The van der Waals surface area contributed by atoms with E-state index in [9.17, 15) is 33.7 Å². The molecular formula is C74H102N6O12S6. The number of aryl methyl sites for hydroxylation is 6. The summed E-state index contributed by atoms with van der Waals surface area (Å²) in [5.41, 5.74) is 5.34. The maximum absolute atomic E-state index is 15.4. The molecule has 24 heteroatoms. The van der Waals surface area contributed by atoms with E-state index in [-0.39, 0.29) is 55.6 Å². The minimum atomic E-state index is -4.26. The highest BCUT2D eigenvalue weighted by Gasteiger charge is 2.47. The van der Waals surface area contributed by atoms with E-state index in [4.69, 9.17) is 0 Å². The smallest absolute Gasteiger partial charge is 0.207 e. The molecule has 0 amide bonds. The molecule has 6 aromatic rings. The van der Waals surface area contributed by atoms with Crippen molar-refractivity contribution in [3.05, 3.63) is 179 Å². The number of hydrogen-bond donors (Lipinski definition) is 0. The zero-order valence-corrected chi connectivity index (χ0v) is 63.2. The molecule has 0 aliphatic heterocycles. The molecule has 98 heavy (non-hydrogen) atoms. The summed E-state index contributed by atoms with van der Waals surface area (Å²) in [5.74, 6) is 0. The highest BCUT2D eigenvalue weighted by Crippen LogP contribution is 2.39. The van der Waals surface area contributed by atoms with Crippen LogP contribution in [0.5, 0.6) is 0 Å². The highest BCUT2D eigenvalue weighted by atomic mass is 32.2. The van der Waals surface area contributed by atoms with Gasteiger partial charge in [0.15, 0.2) is 0 Å². The fourth-order valence-corrected chi connectivity index (χ4v) is 24.3. The molecule has 3 fully saturated rings. The summed E-state index contributed by atoms with van der Waals surface area (Å²) in [6, 6.07) is 35.9. The van der Waals surface area contributed by atoms with Gasteiger partial charge >= 0.3 is 0 Å². The van der Waals surface area contributed by atoms with E-state index in [0.29, 0.717) is 116 Å². The molecule has 0 bridgehead atoms. The largest absolute Gasteiger partial charge is 0.243 e. The maximum Gasteiger partial charge on any atom is 0.243 e. The van der Waals surface area contributed by atoms with Gasteiger partial charge in [-0.2, -0.15) is 25.8 Å². The number of rotatable bonds is 32. The Morgan fingerprint density at radius 3 is 0.571 bits per heavy atom. The topological polar surface area (TPSA) is 224 Å². The van der Waals surface area contributed by atoms with Crippen LogP contribution in [0.3, 0.4) is 0 Å². The molecule has 0 saturated heterocycles. The minimum absolute atomic E-state index is 0.0606. The molecule has 0 radical (unpaired) electrons. The predicted molar refractivity (Wildman–Crippen MR) is 388 cm³/mol. The Morgan fingerprint density at radius 1 is 0.235 bits per heavy atom. The molecule has 536 valence electrons. The normalized spacial score (nSPS) is 20.3. The molecule has 3 aliphatic carbocycles. The van der Waals surface area contributed by atoms with Gasteiger partial charge in [0, 0.05) is 76.5 Å². The van der Waals surface area contributed by atoms with Crippen LogP contribution >= 0.6 is 0 Å². The van der Waals surface area contributed by atoms with Crippen LogP contribution in [0.1, 0.15) is 162 Å². The first-order valence-corrected chi connectivity index (χ1v) is 43.5. The van der Waals surface area contributed by atoms with Crippen LogP contribution in [0.4, 0.5) is 0 Å². The zero-order chi connectivity index (χ0) is 70.8. The number of likely N-dealkylation sites (N-methyl/N-ethyl adjacent to an activating group) is 2. The molecule has 0 heterocycles. The fraction of sp³-hybridized carbons (Fsp3) is 0.514. The van der Waals surface area contributed by atoms with Crippen molar-refractivity contribution in [2.45, 2.75) is 236 Å². The van der Waals surface area contributed by atoms with Crippen molar-refractivity contribution in [1.29, 1.82) is 0 Å². The van der Waals surface area contributed by atoms with Gasteiger partial charge < -0.3 is 0 Å². The van der Waals surface area contributed by atoms with E-state index in [1.54, 1.807) is 160 Å². The van der Waals surface area contributed by atoms with E-state index < -0.39 is 96.4 Å². The molecule has 0 unspecified atom stereocenters. The number of sulfonamides is 6. The standard InChI is InChI=1S/C74H102N6O12S6/c1-57-29-41-63(42-30-57)93(81,82)75(7)69-23-13-15-25-71(69)77(95(85,86)65-45-33-59(3)34-46-65)53-19-9-11-21-55-79(97(89,90)67-49-37-61(5)38-50-67)73-27-17-18-28-74(73)80(98(91,92)68-51-39-62(6)40-52-68)56-22-12-10-20-54-78(96(87,88)66-47-35-60(4)36-48-66)72-26-16-14-24-70(72)76(8)94(83,84)64-43-31-58(2)32-44-64/h29-52,69-74H,9-28,53-56H2,1-8H3/t69-,70-,71-,72-,73-,74-/m0/s1. The second-order valence-corrected chi connectivity index (χ2v) is 39.0. The van der Waals surface area contributed by atoms with Gasteiger partial charge in [-0.3, -0.25) is 0 Å². The van der Waals surface area contributed by atoms with Gasteiger partial charge in [0.2, 0.25) is 60.1 Å². The van der Waals surface area contributed by atoms with Crippen LogP contribution < -0.4 is 0 Å². The van der Waals surface area contributed by atoms with Crippen LogP contribution in [-0.2, 0) is 60.1 Å². The number of hydrogen-bond acceptors (Lipinski definition) is 12. The molecule has 0 spiro atoms. The molecule has 18 nitrogen and oxygen atoms in total. The summed E-state index contributed by atoms with van der Waals surface area (Å²) in [6.07, 6.45) is 10.5. The Labute approximate surface area is 587 Å². The third-order valence-corrected chi connectivity index (χ3v) is 32.0. The van der Waals surface area contributed by atoms with Crippen LogP contribution in [-0.4, -0.2) is 153 Å². The van der Waals surface area contributed by atoms with Crippen LogP contribution in [0.2, 0.25) is 0 Å². The summed E-state index contributed by atoms with van der Waals surface area (Å²) in [7, 11) is -21.7. The molecule has 6 atom stereocenters.